The van der Waals surface area contributed by atoms with Gasteiger partial charge in [0.2, 0.25) is 0 Å². The van der Waals surface area contributed by atoms with Crippen molar-refractivity contribution in [1.29, 1.82) is 0 Å². The van der Waals surface area contributed by atoms with E-state index in [1.54, 1.807) is 0 Å². The van der Waals surface area contributed by atoms with E-state index in [1.807, 2.05) is 31.2 Å². The summed E-state index contributed by atoms with van der Waals surface area (Å²) in [6.45, 7) is 2.01. The number of benzene rings is 1. The number of carbonyl (C=O) groups is 1. The van der Waals surface area contributed by atoms with Gasteiger partial charge in [-0.1, -0.05) is 17.7 Å². The second-order valence-corrected chi connectivity index (χ2v) is 4.73. The molecule has 1 aromatic carbocycles. The summed E-state index contributed by atoms with van der Waals surface area (Å²) in [5.41, 5.74) is 1.16. The van der Waals surface area contributed by atoms with E-state index >= 15 is 0 Å². The smallest absolute Gasteiger partial charge is 0.340 e. The molecule has 4 heteroatoms. The molecule has 16 heavy (non-hydrogen) atoms. The first-order chi connectivity index (χ1) is 7.61. The predicted octanol–water partition coefficient (Wildman–Crippen LogP) is 2.42. The molecule has 0 amide bonds. The van der Waals surface area contributed by atoms with Crippen molar-refractivity contribution in [1.82, 2.24) is 0 Å². The first-order valence-corrected chi connectivity index (χ1v) is 5.69. The monoisotopic (exact) mass is 236 g/mol. The first-order valence-electron chi connectivity index (χ1n) is 4.88. The van der Waals surface area contributed by atoms with E-state index in [9.17, 15) is 9.90 Å². The molecule has 0 fully saturated rings. The third-order valence-corrected chi connectivity index (χ3v) is 3.55. The van der Waals surface area contributed by atoms with Crippen molar-refractivity contribution in [2.24, 2.45) is 0 Å². The van der Waals surface area contributed by atoms with E-state index in [0.29, 0.717) is 4.88 Å². The summed E-state index contributed by atoms with van der Waals surface area (Å²) in [6.07, 6.45) is -1.18. The molecular formula is C12H12O3S. The molecule has 0 bridgehead atoms. The van der Waals surface area contributed by atoms with E-state index in [1.165, 1.54) is 18.4 Å². The van der Waals surface area contributed by atoms with Crippen LogP contribution in [-0.2, 0) is 9.53 Å². The summed E-state index contributed by atoms with van der Waals surface area (Å²) in [5, 5.41) is 10.7. The Morgan fingerprint density at radius 2 is 2.19 bits per heavy atom. The highest BCUT2D eigenvalue weighted by Gasteiger charge is 2.20. The van der Waals surface area contributed by atoms with Gasteiger partial charge in [0.1, 0.15) is 0 Å². The summed E-state index contributed by atoms with van der Waals surface area (Å²) in [4.78, 5) is 11.8. The van der Waals surface area contributed by atoms with Crippen LogP contribution in [0.15, 0.2) is 24.3 Å². The van der Waals surface area contributed by atoms with E-state index in [-0.39, 0.29) is 0 Å². The standard InChI is InChI=1S/C12H12O3S/c1-7-3-4-9-8(5-7)6-10(16-9)11(13)12(14)15-2/h3-6,11,13H,1-2H3. The molecule has 1 unspecified atom stereocenters. The zero-order valence-corrected chi connectivity index (χ0v) is 9.88. The Labute approximate surface area is 97.3 Å². The summed E-state index contributed by atoms with van der Waals surface area (Å²) in [6, 6.07) is 7.85. The van der Waals surface area contributed by atoms with Crippen molar-refractivity contribution in [2.75, 3.05) is 7.11 Å². The number of hydrogen-bond acceptors (Lipinski definition) is 4. The maximum absolute atomic E-state index is 11.2. The van der Waals surface area contributed by atoms with Crippen molar-refractivity contribution in [3.05, 3.63) is 34.7 Å². The number of hydrogen-bond donors (Lipinski definition) is 1. The van der Waals surface area contributed by atoms with Crippen LogP contribution in [0.3, 0.4) is 0 Å². The minimum Gasteiger partial charge on any atom is -0.467 e. The van der Waals surface area contributed by atoms with Gasteiger partial charge in [-0.05, 0) is 24.4 Å². The number of aliphatic hydroxyl groups excluding tert-OH is 1. The summed E-state index contributed by atoms with van der Waals surface area (Å²) in [7, 11) is 1.27. The molecule has 1 heterocycles. The number of ether oxygens (including phenoxy) is 1. The zero-order valence-electron chi connectivity index (χ0n) is 9.06. The second-order valence-electron chi connectivity index (χ2n) is 3.62. The average Bonchev–Trinajstić information content (AvgIpc) is 2.69. The molecule has 0 aliphatic carbocycles. The van der Waals surface area contributed by atoms with Crippen LogP contribution in [0.5, 0.6) is 0 Å². The molecule has 2 rings (SSSR count). The maximum atomic E-state index is 11.2. The quantitative estimate of drug-likeness (QED) is 0.814. The van der Waals surface area contributed by atoms with Gasteiger partial charge in [-0.2, -0.15) is 0 Å². The molecule has 0 saturated carbocycles. The normalized spacial score (nSPS) is 12.7. The lowest BCUT2D eigenvalue weighted by molar-refractivity contribution is -0.150. The van der Waals surface area contributed by atoms with Crippen LogP contribution < -0.4 is 0 Å². The van der Waals surface area contributed by atoms with Crippen LogP contribution in [0.4, 0.5) is 0 Å². The number of aryl methyl sites for hydroxylation is 1. The van der Waals surface area contributed by atoms with Crippen molar-refractivity contribution >= 4 is 27.4 Å². The molecule has 0 saturated heterocycles. The first kappa shape index (κ1) is 11.1. The third-order valence-electron chi connectivity index (χ3n) is 2.38. The van der Waals surface area contributed by atoms with Gasteiger partial charge in [0.15, 0.2) is 6.10 Å². The van der Waals surface area contributed by atoms with E-state index < -0.39 is 12.1 Å². The minimum absolute atomic E-state index is 0.618. The van der Waals surface area contributed by atoms with Gasteiger partial charge in [0, 0.05) is 9.58 Å². The minimum atomic E-state index is -1.18. The Morgan fingerprint density at radius 3 is 2.88 bits per heavy atom. The zero-order chi connectivity index (χ0) is 11.7. The number of methoxy groups -OCH3 is 1. The predicted molar refractivity (Wildman–Crippen MR) is 63.5 cm³/mol. The average molecular weight is 236 g/mol. The molecule has 1 atom stereocenters. The third kappa shape index (κ3) is 1.94. The topological polar surface area (TPSA) is 46.5 Å². The van der Waals surface area contributed by atoms with Crippen LogP contribution in [0.1, 0.15) is 16.5 Å². The fraction of sp³-hybridized carbons (Fsp3) is 0.250. The number of thiophene rings is 1. The Balaban J connectivity index is 2.43. The Morgan fingerprint density at radius 1 is 1.44 bits per heavy atom. The molecular weight excluding hydrogens is 224 g/mol. The lowest BCUT2D eigenvalue weighted by atomic mass is 10.2. The summed E-state index contributed by atoms with van der Waals surface area (Å²) >= 11 is 1.41. The van der Waals surface area contributed by atoms with Crippen LogP contribution in [0.2, 0.25) is 0 Å². The summed E-state index contributed by atoms with van der Waals surface area (Å²) < 4.78 is 5.56. The highest BCUT2D eigenvalue weighted by molar-refractivity contribution is 7.19. The highest BCUT2D eigenvalue weighted by atomic mass is 32.1. The molecule has 0 aliphatic heterocycles. The van der Waals surface area contributed by atoms with E-state index in [4.69, 9.17) is 0 Å². The van der Waals surface area contributed by atoms with Gasteiger partial charge in [-0.15, -0.1) is 11.3 Å². The molecule has 2 aromatic rings. The van der Waals surface area contributed by atoms with Crippen LogP contribution in [0.25, 0.3) is 10.1 Å². The highest BCUT2D eigenvalue weighted by Crippen LogP contribution is 2.30. The molecule has 0 spiro atoms. The van der Waals surface area contributed by atoms with Crippen molar-refractivity contribution in [2.45, 2.75) is 13.0 Å². The number of aliphatic hydroxyl groups is 1. The molecule has 84 valence electrons. The SMILES string of the molecule is COC(=O)C(O)c1cc2cc(C)ccc2s1. The number of carbonyl (C=O) groups excluding carboxylic acids is 1. The van der Waals surface area contributed by atoms with Crippen LogP contribution in [-0.4, -0.2) is 18.2 Å². The fourth-order valence-electron chi connectivity index (χ4n) is 1.55. The van der Waals surface area contributed by atoms with Crippen molar-refractivity contribution in [3.63, 3.8) is 0 Å². The maximum Gasteiger partial charge on any atom is 0.340 e. The van der Waals surface area contributed by atoms with Gasteiger partial charge >= 0.3 is 5.97 Å². The Hall–Kier alpha value is -1.39. The van der Waals surface area contributed by atoms with Gasteiger partial charge in [-0.3, -0.25) is 0 Å². The molecule has 0 aliphatic rings. The van der Waals surface area contributed by atoms with Gasteiger partial charge in [0.05, 0.1) is 7.11 Å². The van der Waals surface area contributed by atoms with Gasteiger partial charge in [-0.25, -0.2) is 4.79 Å². The van der Waals surface area contributed by atoms with Gasteiger partial charge in [0.25, 0.3) is 0 Å². The van der Waals surface area contributed by atoms with Crippen LogP contribution >= 0.6 is 11.3 Å². The van der Waals surface area contributed by atoms with Crippen LogP contribution in [0, 0.1) is 6.92 Å². The lowest BCUT2D eigenvalue weighted by Gasteiger charge is -2.04. The number of rotatable bonds is 2. The van der Waals surface area contributed by atoms with E-state index in [0.717, 1.165) is 15.6 Å². The molecule has 1 aromatic heterocycles. The molecule has 0 radical (unpaired) electrons. The Kier molecular flexibility index (Phi) is 2.94. The molecule has 1 N–H and O–H groups in total. The number of esters is 1. The number of fused-ring (bicyclic) bond motifs is 1. The van der Waals surface area contributed by atoms with Crippen molar-refractivity contribution < 1.29 is 14.6 Å². The van der Waals surface area contributed by atoms with E-state index in [2.05, 4.69) is 4.74 Å². The Bertz CT molecular complexity index is 530. The van der Waals surface area contributed by atoms with Gasteiger partial charge < -0.3 is 9.84 Å². The largest absolute Gasteiger partial charge is 0.467 e. The summed E-state index contributed by atoms with van der Waals surface area (Å²) in [5.74, 6) is -0.622. The van der Waals surface area contributed by atoms with Crippen molar-refractivity contribution in [3.8, 4) is 0 Å². The lowest BCUT2D eigenvalue weighted by Crippen LogP contribution is -2.11. The second kappa shape index (κ2) is 4.23. The molecule has 3 nitrogen and oxygen atoms in total. The fourth-order valence-corrected chi connectivity index (χ4v) is 2.57.